The van der Waals surface area contributed by atoms with Gasteiger partial charge in [0.05, 0.1) is 6.61 Å². The van der Waals surface area contributed by atoms with Crippen LogP contribution in [0.1, 0.15) is 12.5 Å². The summed E-state index contributed by atoms with van der Waals surface area (Å²) in [6.07, 6.45) is 3.21. The van der Waals surface area contributed by atoms with E-state index < -0.39 is 11.9 Å². The molecule has 0 aliphatic carbocycles. The molecule has 1 radical (unpaired) electrons. The van der Waals surface area contributed by atoms with Crippen LogP contribution in [0.15, 0.2) is 29.2 Å². The fraction of sp³-hybridized carbons (Fsp3) is 0.333. The first kappa shape index (κ1) is 18.7. The van der Waals surface area contributed by atoms with Gasteiger partial charge in [-0.2, -0.15) is 0 Å². The molecule has 6 nitrogen and oxygen atoms in total. The molecule has 2 heterocycles. The third-order valence-corrected chi connectivity index (χ3v) is 3.18. The molecule has 113 valence electrons. The minimum Gasteiger partial charge on any atom is -0.541 e. The van der Waals surface area contributed by atoms with Gasteiger partial charge in [0.15, 0.2) is 0 Å². The topological polar surface area (TPSA) is 78.3 Å². The van der Waals surface area contributed by atoms with Gasteiger partial charge in [0, 0.05) is 56.9 Å². The maximum absolute atomic E-state index is 12.3. The molecule has 7 heteroatoms. The first-order valence-electron chi connectivity index (χ1n) is 6.56. The molecule has 0 fully saturated rings. The Balaban J connectivity index is 0.00000242. The van der Waals surface area contributed by atoms with Gasteiger partial charge in [-0.1, -0.05) is 0 Å². The number of hydrogen-bond donors (Lipinski definition) is 0. The first-order chi connectivity index (χ1) is 10.1. The summed E-state index contributed by atoms with van der Waals surface area (Å²) in [6.45, 7) is 1.83. The van der Waals surface area contributed by atoms with Gasteiger partial charge in [0.2, 0.25) is 0 Å². The van der Waals surface area contributed by atoms with Crippen molar-refractivity contribution in [2.75, 3.05) is 6.61 Å². The molecule has 1 atom stereocenters. The fourth-order valence-electron chi connectivity index (χ4n) is 2.15. The van der Waals surface area contributed by atoms with E-state index in [0.717, 1.165) is 5.39 Å². The molecule has 0 aromatic carbocycles. The minimum atomic E-state index is -1.09. The molecule has 0 bridgehead atoms. The number of esters is 1. The van der Waals surface area contributed by atoms with E-state index in [0.29, 0.717) is 11.2 Å². The van der Waals surface area contributed by atoms with Crippen molar-refractivity contribution >= 4 is 23.3 Å². The molecular formula is C15H15N2O4Y-. The number of aromatic nitrogens is 2. The summed E-state index contributed by atoms with van der Waals surface area (Å²) in [5, 5.41) is 0.767. The Bertz CT molecular complexity index is 742. The van der Waals surface area contributed by atoms with Gasteiger partial charge >= 0.3 is 0 Å². The van der Waals surface area contributed by atoms with Gasteiger partial charge in [0.1, 0.15) is 5.65 Å². The third kappa shape index (κ3) is 3.87. The number of nitrogens with zero attached hydrogens (tertiary/aromatic N) is 2. The van der Waals surface area contributed by atoms with E-state index in [-0.39, 0.29) is 51.3 Å². The Kier molecular flexibility index (Phi) is 7.03. The van der Waals surface area contributed by atoms with Crippen LogP contribution in [0, 0.1) is 5.92 Å². The number of fused-ring (bicyclic) bond motifs is 1. The maximum Gasteiger partial charge on any atom is 0.282 e. The van der Waals surface area contributed by atoms with Crippen LogP contribution in [0.25, 0.3) is 11.0 Å². The second-order valence-electron chi connectivity index (χ2n) is 4.58. The zero-order chi connectivity index (χ0) is 15.4. The zero-order valence-electron chi connectivity index (χ0n) is 12.4. The number of aryl methyl sites for hydroxylation is 1. The van der Waals surface area contributed by atoms with E-state index in [1.165, 1.54) is 4.57 Å². The maximum atomic E-state index is 12.3. The molecular weight excluding hydrogens is 361 g/mol. The molecule has 2 aromatic rings. The van der Waals surface area contributed by atoms with E-state index in [4.69, 9.17) is 4.74 Å². The molecule has 22 heavy (non-hydrogen) atoms. The second-order valence-corrected chi connectivity index (χ2v) is 4.58. The van der Waals surface area contributed by atoms with Crippen LogP contribution in [-0.2, 0) is 60.5 Å². The van der Waals surface area contributed by atoms with E-state index in [9.17, 15) is 14.4 Å². The van der Waals surface area contributed by atoms with Crippen LogP contribution < -0.4 is 5.56 Å². The van der Waals surface area contributed by atoms with E-state index >= 15 is 0 Å². The van der Waals surface area contributed by atoms with Crippen molar-refractivity contribution < 1.29 is 47.0 Å². The number of carbonyl (C=O) groups excluding carboxylic acids is 2. The Morgan fingerprint density at radius 1 is 1.50 bits per heavy atom. The van der Waals surface area contributed by atoms with Crippen LogP contribution in [0.5, 0.6) is 0 Å². The van der Waals surface area contributed by atoms with Crippen LogP contribution in [0.3, 0.4) is 0 Å². The number of pyridine rings is 2. The predicted octanol–water partition coefficient (Wildman–Crippen LogP) is 0.762. The third-order valence-electron chi connectivity index (χ3n) is 3.18. The molecule has 0 spiro atoms. The van der Waals surface area contributed by atoms with Gasteiger partial charge < -0.3 is 9.53 Å². The van der Waals surface area contributed by atoms with Gasteiger partial charge in [-0.15, -0.1) is 0 Å². The summed E-state index contributed by atoms with van der Waals surface area (Å²) in [7, 11) is 1.60. The summed E-state index contributed by atoms with van der Waals surface area (Å²) in [6, 6.07) is 5.22. The fourth-order valence-corrected chi connectivity index (χ4v) is 2.15. The molecule has 0 N–H and O–H groups in total. The van der Waals surface area contributed by atoms with Crippen molar-refractivity contribution in [1.82, 2.24) is 9.55 Å². The summed E-state index contributed by atoms with van der Waals surface area (Å²) < 4.78 is 6.20. The van der Waals surface area contributed by atoms with Crippen LogP contribution in [-0.4, -0.2) is 28.4 Å². The first-order valence-corrected chi connectivity index (χ1v) is 6.56. The zero-order valence-corrected chi connectivity index (χ0v) is 15.2. The summed E-state index contributed by atoms with van der Waals surface area (Å²) >= 11 is 0. The van der Waals surface area contributed by atoms with Gasteiger partial charge in [-0.3, -0.25) is 14.2 Å². The molecule has 2 rings (SSSR count). The number of rotatable bonds is 5. The predicted molar refractivity (Wildman–Crippen MR) is 76.5 cm³/mol. The summed E-state index contributed by atoms with van der Waals surface area (Å²) in [4.78, 5) is 39.0. The number of carbonyl (C=O) groups is 1. The minimum absolute atomic E-state index is 0. The molecule has 0 saturated heterocycles. The van der Waals surface area contributed by atoms with Gasteiger partial charge in [0.25, 0.3) is 11.5 Å². The SMILES string of the molecule is CCOC(=O)C([C-]=O)Cc1cc2cccnc2n(C)c1=O.[Y]. The summed E-state index contributed by atoms with van der Waals surface area (Å²) in [5.74, 6) is -1.76. The van der Waals surface area contributed by atoms with Gasteiger partial charge in [-0.05, 0) is 37.5 Å². The van der Waals surface area contributed by atoms with Crippen molar-refractivity contribution in [3.63, 3.8) is 0 Å². The van der Waals surface area contributed by atoms with E-state index in [1.807, 2.05) is 6.07 Å². The molecule has 0 amide bonds. The van der Waals surface area contributed by atoms with Crippen molar-refractivity contribution in [1.29, 1.82) is 0 Å². The van der Waals surface area contributed by atoms with Crippen molar-refractivity contribution in [3.8, 4) is 0 Å². The molecule has 2 aromatic heterocycles. The average molecular weight is 376 g/mol. The van der Waals surface area contributed by atoms with E-state index in [2.05, 4.69) is 4.98 Å². The number of ether oxygens (including phenoxy) is 1. The largest absolute Gasteiger partial charge is 0.541 e. The summed E-state index contributed by atoms with van der Waals surface area (Å²) in [5.41, 5.74) is 0.624. The second kappa shape index (κ2) is 8.29. The van der Waals surface area contributed by atoms with Crippen molar-refractivity contribution in [2.24, 2.45) is 13.0 Å². The van der Waals surface area contributed by atoms with Crippen molar-refractivity contribution in [3.05, 3.63) is 40.3 Å². The van der Waals surface area contributed by atoms with Crippen LogP contribution in [0.2, 0.25) is 0 Å². The van der Waals surface area contributed by atoms with Gasteiger partial charge in [-0.25, -0.2) is 11.3 Å². The molecule has 0 aliphatic rings. The quantitative estimate of drug-likeness (QED) is 0.438. The normalized spacial score (nSPS) is 11.5. The average Bonchev–Trinajstić information content (AvgIpc) is 2.49. The standard InChI is InChI=1S/C15H15N2O4.Y/c1-3-21-15(20)12(9-18)8-11-7-10-5-4-6-16-13(10)17(2)14(11)19;/h4-7,12H,3,8H2,1-2H3;/q-1;. The molecule has 1 unspecified atom stereocenters. The molecule has 0 aliphatic heterocycles. The Morgan fingerprint density at radius 2 is 2.23 bits per heavy atom. The van der Waals surface area contributed by atoms with Crippen LogP contribution >= 0.6 is 0 Å². The molecule has 0 saturated carbocycles. The Hall–Kier alpha value is -1.40. The Morgan fingerprint density at radius 3 is 2.86 bits per heavy atom. The monoisotopic (exact) mass is 376 g/mol. The Labute approximate surface area is 152 Å². The smallest absolute Gasteiger partial charge is 0.282 e. The van der Waals surface area contributed by atoms with E-state index in [1.54, 1.807) is 38.6 Å². The number of hydrogen-bond acceptors (Lipinski definition) is 5. The van der Waals surface area contributed by atoms with Crippen molar-refractivity contribution in [2.45, 2.75) is 13.3 Å². The van der Waals surface area contributed by atoms with Crippen LogP contribution in [0.4, 0.5) is 0 Å².